The van der Waals surface area contributed by atoms with E-state index in [9.17, 15) is 8.42 Å². The second-order valence-corrected chi connectivity index (χ2v) is 4.86. The Morgan fingerprint density at radius 3 is 2.36 bits per heavy atom. The van der Waals surface area contributed by atoms with Gasteiger partial charge in [-0.2, -0.15) is 0 Å². The first-order valence-corrected chi connectivity index (χ1v) is 6.79. The molecular formula is C8H10BrNO3S. The van der Waals surface area contributed by atoms with Crippen LogP contribution in [0.3, 0.4) is 0 Å². The van der Waals surface area contributed by atoms with Gasteiger partial charge in [-0.3, -0.25) is 4.72 Å². The van der Waals surface area contributed by atoms with E-state index in [1.165, 1.54) is 0 Å². The summed E-state index contributed by atoms with van der Waals surface area (Å²) in [6.45, 7) is 0. The predicted octanol–water partition coefficient (Wildman–Crippen LogP) is 1.79. The average Bonchev–Trinajstić information content (AvgIpc) is 2.06. The van der Waals surface area contributed by atoms with E-state index in [0.717, 1.165) is 6.26 Å². The molecule has 6 heteroatoms. The molecule has 0 unspecified atom stereocenters. The van der Waals surface area contributed by atoms with Crippen molar-refractivity contribution in [2.45, 2.75) is 0 Å². The number of halogens is 1. The van der Waals surface area contributed by atoms with Crippen LogP contribution in [0.15, 0.2) is 24.3 Å². The number of benzene rings is 1. The second kappa shape index (κ2) is 4.65. The van der Waals surface area contributed by atoms with Crippen molar-refractivity contribution in [1.29, 1.82) is 0 Å². The molecule has 0 radical (unpaired) electrons. The fraction of sp³-hybridized carbons (Fsp3) is 0.250. The van der Waals surface area contributed by atoms with Gasteiger partial charge < -0.3 is 4.74 Å². The minimum Gasteiger partial charge on any atom is -0.482 e. The molecule has 0 saturated carbocycles. The van der Waals surface area contributed by atoms with Gasteiger partial charge in [0.2, 0.25) is 10.0 Å². The lowest BCUT2D eigenvalue weighted by Gasteiger charge is -2.05. The number of anilines is 1. The largest absolute Gasteiger partial charge is 0.482 e. The van der Waals surface area contributed by atoms with Gasteiger partial charge in [0.1, 0.15) is 11.3 Å². The highest BCUT2D eigenvalue weighted by Gasteiger charge is 2.01. The van der Waals surface area contributed by atoms with E-state index < -0.39 is 10.0 Å². The summed E-state index contributed by atoms with van der Waals surface area (Å²) in [6, 6.07) is 6.65. The minimum atomic E-state index is -3.20. The summed E-state index contributed by atoms with van der Waals surface area (Å²) in [5.41, 5.74) is 0.931. The van der Waals surface area contributed by atoms with Crippen LogP contribution in [-0.2, 0) is 10.0 Å². The second-order valence-electron chi connectivity index (χ2n) is 2.65. The molecule has 1 aromatic carbocycles. The maximum atomic E-state index is 10.9. The summed E-state index contributed by atoms with van der Waals surface area (Å²) in [6.07, 6.45) is 1.11. The molecule has 1 N–H and O–H groups in total. The zero-order chi connectivity index (χ0) is 10.6. The van der Waals surface area contributed by atoms with E-state index in [1.54, 1.807) is 24.3 Å². The average molecular weight is 280 g/mol. The molecule has 14 heavy (non-hydrogen) atoms. The first-order chi connectivity index (χ1) is 6.51. The SMILES string of the molecule is CS(=O)(=O)Nc1ccc(OCBr)cc1. The van der Waals surface area contributed by atoms with Crippen molar-refractivity contribution >= 4 is 31.6 Å². The van der Waals surface area contributed by atoms with Gasteiger partial charge in [0.25, 0.3) is 0 Å². The van der Waals surface area contributed by atoms with Gasteiger partial charge in [0.05, 0.1) is 6.26 Å². The Hall–Kier alpha value is -0.750. The number of ether oxygens (including phenoxy) is 1. The van der Waals surface area contributed by atoms with Gasteiger partial charge in [-0.15, -0.1) is 0 Å². The van der Waals surface area contributed by atoms with Gasteiger partial charge in [-0.25, -0.2) is 8.42 Å². The topological polar surface area (TPSA) is 55.4 Å². The molecule has 78 valence electrons. The Balaban J connectivity index is 2.74. The zero-order valence-corrected chi connectivity index (χ0v) is 9.93. The lowest BCUT2D eigenvalue weighted by molar-refractivity contribution is 0.398. The highest BCUT2D eigenvalue weighted by Crippen LogP contribution is 2.16. The molecule has 0 aliphatic heterocycles. The molecule has 0 aliphatic carbocycles. The van der Waals surface area contributed by atoms with Gasteiger partial charge in [-0.05, 0) is 40.2 Å². The predicted molar refractivity (Wildman–Crippen MR) is 59.3 cm³/mol. The fourth-order valence-electron chi connectivity index (χ4n) is 0.896. The first-order valence-electron chi connectivity index (χ1n) is 3.78. The van der Waals surface area contributed by atoms with Crippen molar-refractivity contribution in [3.63, 3.8) is 0 Å². The molecular weight excluding hydrogens is 270 g/mol. The fourth-order valence-corrected chi connectivity index (χ4v) is 1.72. The minimum absolute atomic E-state index is 0.409. The lowest BCUT2D eigenvalue weighted by atomic mass is 10.3. The van der Waals surface area contributed by atoms with E-state index in [0.29, 0.717) is 17.0 Å². The van der Waals surface area contributed by atoms with Crippen LogP contribution in [0.4, 0.5) is 5.69 Å². The van der Waals surface area contributed by atoms with Crippen LogP contribution in [0.25, 0.3) is 0 Å². The Kier molecular flexibility index (Phi) is 3.77. The van der Waals surface area contributed by atoms with Crippen LogP contribution in [-0.4, -0.2) is 20.2 Å². The Labute approximate surface area is 91.5 Å². The van der Waals surface area contributed by atoms with Crippen LogP contribution in [0, 0.1) is 0 Å². The highest BCUT2D eigenvalue weighted by molar-refractivity contribution is 9.09. The van der Waals surface area contributed by atoms with Crippen LogP contribution >= 0.6 is 15.9 Å². The quantitative estimate of drug-likeness (QED) is 0.855. The summed E-state index contributed by atoms with van der Waals surface area (Å²) in [4.78, 5) is 0. The van der Waals surface area contributed by atoms with Crippen molar-refractivity contribution < 1.29 is 13.2 Å². The van der Waals surface area contributed by atoms with Crippen molar-refractivity contribution in [2.24, 2.45) is 0 Å². The number of rotatable bonds is 4. The molecule has 0 saturated heterocycles. The summed E-state index contributed by atoms with van der Waals surface area (Å²) < 4.78 is 29.2. The number of hydrogen-bond acceptors (Lipinski definition) is 3. The van der Waals surface area contributed by atoms with Gasteiger partial charge >= 0.3 is 0 Å². The van der Waals surface area contributed by atoms with E-state index in [2.05, 4.69) is 20.7 Å². The van der Waals surface area contributed by atoms with Crippen LogP contribution < -0.4 is 9.46 Å². The molecule has 4 nitrogen and oxygen atoms in total. The monoisotopic (exact) mass is 279 g/mol. The van der Waals surface area contributed by atoms with Crippen molar-refractivity contribution in [2.75, 3.05) is 16.5 Å². The Morgan fingerprint density at radius 1 is 1.36 bits per heavy atom. The van der Waals surface area contributed by atoms with Gasteiger partial charge in [-0.1, -0.05) is 0 Å². The maximum Gasteiger partial charge on any atom is 0.229 e. The molecule has 0 bridgehead atoms. The summed E-state index contributed by atoms with van der Waals surface area (Å²) in [7, 11) is -3.20. The van der Waals surface area contributed by atoms with Gasteiger partial charge in [0.15, 0.2) is 0 Å². The molecule has 0 fully saturated rings. The molecule has 1 rings (SSSR count). The number of nitrogens with one attached hydrogen (secondary N) is 1. The number of hydrogen-bond donors (Lipinski definition) is 1. The number of alkyl halides is 1. The molecule has 0 heterocycles. The van der Waals surface area contributed by atoms with Gasteiger partial charge in [0, 0.05) is 5.69 Å². The van der Waals surface area contributed by atoms with E-state index in [4.69, 9.17) is 4.74 Å². The Bertz CT molecular complexity index is 388. The first kappa shape index (κ1) is 11.3. The highest BCUT2D eigenvalue weighted by atomic mass is 79.9. The summed E-state index contributed by atoms with van der Waals surface area (Å²) in [5, 5.41) is 0. The van der Waals surface area contributed by atoms with E-state index in [1.807, 2.05) is 0 Å². The summed E-state index contributed by atoms with van der Waals surface area (Å²) >= 11 is 3.12. The molecule has 1 aromatic rings. The molecule has 0 amide bonds. The van der Waals surface area contributed by atoms with Crippen molar-refractivity contribution in [3.8, 4) is 5.75 Å². The van der Waals surface area contributed by atoms with Crippen LogP contribution in [0.5, 0.6) is 5.75 Å². The molecule has 0 atom stereocenters. The zero-order valence-electron chi connectivity index (χ0n) is 7.53. The Morgan fingerprint density at radius 2 is 1.93 bits per heavy atom. The van der Waals surface area contributed by atoms with Crippen LogP contribution in [0.1, 0.15) is 0 Å². The smallest absolute Gasteiger partial charge is 0.229 e. The third-order valence-corrected chi connectivity index (χ3v) is 2.21. The third-order valence-electron chi connectivity index (χ3n) is 1.38. The van der Waals surface area contributed by atoms with Crippen molar-refractivity contribution in [3.05, 3.63) is 24.3 Å². The lowest BCUT2D eigenvalue weighted by Crippen LogP contribution is -2.09. The number of sulfonamides is 1. The molecule has 0 aliphatic rings. The van der Waals surface area contributed by atoms with E-state index in [-0.39, 0.29) is 0 Å². The maximum absolute atomic E-state index is 10.9. The molecule has 0 aromatic heterocycles. The van der Waals surface area contributed by atoms with Crippen LogP contribution in [0.2, 0.25) is 0 Å². The summed E-state index contributed by atoms with van der Waals surface area (Å²) in [5.74, 6) is 0.681. The standard InChI is InChI=1S/C8H10BrNO3S/c1-14(11,12)10-7-2-4-8(5-3-7)13-6-9/h2-5,10H,6H2,1H3. The third kappa shape index (κ3) is 3.97. The van der Waals surface area contributed by atoms with E-state index >= 15 is 0 Å². The molecule has 0 spiro atoms. The van der Waals surface area contributed by atoms with Crippen molar-refractivity contribution in [1.82, 2.24) is 0 Å². The normalized spacial score (nSPS) is 11.0.